The molecule has 2 aromatic carbocycles. The van der Waals surface area contributed by atoms with E-state index in [0.29, 0.717) is 29.5 Å². The molecular formula is C42H48F4N4O4. The Labute approximate surface area is 313 Å². The van der Waals surface area contributed by atoms with Crippen molar-refractivity contribution in [3.63, 3.8) is 0 Å². The SMILES string of the molecule is CCC(C)[C@H](CC(=O)[C@@]1(NC(=O)[C@@H](CC(=O)Cc2ccccc2F)C(C)CC)CCC2=C(C1)c1cccc(C(F)(F)F)c1C2)C(=O)NCc1cncnc1. The van der Waals surface area contributed by atoms with Gasteiger partial charge in [0.2, 0.25) is 11.8 Å². The number of rotatable bonds is 16. The maximum atomic E-state index is 14.8. The zero-order valence-electron chi connectivity index (χ0n) is 31.2. The first-order chi connectivity index (χ1) is 25.7. The normalized spacial score (nSPS) is 18.9. The molecule has 54 heavy (non-hydrogen) atoms. The molecule has 3 aromatic rings. The Morgan fingerprint density at radius 3 is 2.20 bits per heavy atom. The number of amides is 2. The Morgan fingerprint density at radius 2 is 1.56 bits per heavy atom. The third-order valence-electron chi connectivity index (χ3n) is 11.5. The van der Waals surface area contributed by atoms with Crippen LogP contribution in [0.2, 0.25) is 0 Å². The highest BCUT2D eigenvalue weighted by molar-refractivity contribution is 5.99. The zero-order chi connectivity index (χ0) is 39.2. The highest BCUT2D eigenvalue weighted by Gasteiger charge is 2.48. The van der Waals surface area contributed by atoms with Crippen molar-refractivity contribution in [2.45, 2.75) is 104 Å². The molecule has 5 atom stereocenters. The van der Waals surface area contributed by atoms with E-state index in [1.165, 1.54) is 30.6 Å². The summed E-state index contributed by atoms with van der Waals surface area (Å²) in [7, 11) is 0. The minimum Gasteiger partial charge on any atom is -0.352 e. The monoisotopic (exact) mass is 748 g/mol. The molecule has 2 N–H and O–H groups in total. The van der Waals surface area contributed by atoms with Gasteiger partial charge in [0.15, 0.2) is 5.78 Å². The Hall–Kier alpha value is -4.74. The molecule has 1 heterocycles. The fourth-order valence-corrected chi connectivity index (χ4v) is 7.77. The summed E-state index contributed by atoms with van der Waals surface area (Å²) in [5.41, 5.74) is 0.572. The van der Waals surface area contributed by atoms with E-state index in [1.54, 1.807) is 24.5 Å². The number of ketones is 2. The van der Waals surface area contributed by atoms with Crippen molar-refractivity contribution < 1.29 is 36.7 Å². The summed E-state index contributed by atoms with van der Waals surface area (Å²) >= 11 is 0. The average Bonchev–Trinajstić information content (AvgIpc) is 3.52. The quantitative estimate of drug-likeness (QED) is 0.145. The van der Waals surface area contributed by atoms with Gasteiger partial charge in [0.25, 0.3) is 0 Å². The summed E-state index contributed by atoms with van der Waals surface area (Å²) in [6.07, 6.45) is 0.918. The number of carbonyl (C=O) groups excluding carboxylic acids is 4. The van der Waals surface area contributed by atoms with Crippen molar-refractivity contribution >= 4 is 29.0 Å². The first-order valence-electron chi connectivity index (χ1n) is 18.7. The van der Waals surface area contributed by atoms with Crippen molar-refractivity contribution in [2.24, 2.45) is 23.7 Å². The average molecular weight is 749 g/mol. The summed E-state index contributed by atoms with van der Waals surface area (Å²) in [5, 5.41) is 5.95. The Morgan fingerprint density at radius 1 is 0.889 bits per heavy atom. The van der Waals surface area contributed by atoms with Crippen LogP contribution in [-0.2, 0) is 44.7 Å². The molecule has 0 saturated carbocycles. The maximum absolute atomic E-state index is 14.8. The largest absolute Gasteiger partial charge is 0.416 e. The van der Waals surface area contributed by atoms with Crippen LogP contribution in [0.1, 0.15) is 100 Å². The lowest BCUT2D eigenvalue weighted by Crippen LogP contribution is -2.58. The van der Waals surface area contributed by atoms with Gasteiger partial charge in [-0.3, -0.25) is 19.2 Å². The lowest BCUT2D eigenvalue weighted by Gasteiger charge is -2.40. The van der Waals surface area contributed by atoms with Gasteiger partial charge in [-0.1, -0.05) is 76.4 Å². The van der Waals surface area contributed by atoms with Crippen molar-refractivity contribution in [2.75, 3.05) is 0 Å². The predicted octanol–water partition coefficient (Wildman–Crippen LogP) is 7.79. The number of aromatic nitrogens is 2. The highest BCUT2D eigenvalue weighted by Crippen LogP contribution is 2.49. The third kappa shape index (κ3) is 9.13. The van der Waals surface area contributed by atoms with Crippen LogP contribution < -0.4 is 10.6 Å². The second-order valence-electron chi connectivity index (χ2n) is 14.9. The van der Waals surface area contributed by atoms with Crippen molar-refractivity contribution in [3.05, 3.63) is 100 Å². The number of alkyl halides is 3. The van der Waals surface area contributed by atoms with Gasteiger partial charge in [0, 0.05) is 62.0 Å². The number of hydrogen-bond acceptors (Lipinski definition) is 6. The van der Waals surface area contributed by atoms with Crippen LogP contribution in [0.3, 0.4) is 0 Å². The molecule has 2 aliphatic carbocycles. The first kappa shape index (κ1) is 40.4. The van der Waals surface area contributed by atoms with Crippen molar-refractivity contribution in [3.8, 4) is 0 Å². The summed E-state index contributed by atoms with van der Waals surface area (Å²) < 4.78 is 56.8. The van der Waals surface area contributed by atoms with E-state index in [-0.39, 0.29) is 86.1 Å². The van der Waals surface area contributed by atoms with Crippen LogP contribution >= 0.6 is 0 Å². The van der Waals surface area contributed by atoms with Crippen molar-refractivity contribution in [1.82, 2.24) is 20.6 Å². The van der Waals surface area contributed by atoms with Gasteiger partial charge in [-0.05, 0) is 65.5 Å². The van der Waals surface area contributed by atoms with E-state index >= 15 is 0 Å². The van der Waals surface area contributed by atoms with Crippen LogP contribution in [-0.4, -0.2) is 38.9 Å². The molecule has 0 bridgehead atoms. The standard InChI is InChI=1S/C42H48F4N4O4/c1-5-25(3)32(18-30(51)16-29-10-7-8-13-37(29)43)40(54)50-41(15-14-28-17-34-31(35(28)20-41)11-9-12-36(34)42(44,45)46)38(52)19-33(26(4)6-2)39(53)49-23-27-21-47-24-48-22-27/h7-13,21-22,24-26,32-33H,5-6,14-20,23H2,1-4H3,(H,49,53)(H,50,54)/t25?,26?,32-,33-,41+/m0/s1. The minimum absolute atomic E-state index is 0.0478. The van der Waals surface area contributed by atoms with Gasteiger partial charge >= 0.3 is 6.18 Å². The molecular weight excluding hydrogens is 700 g/mol. The van der Waals surface area contributed by atoms with E-state index in [0.717, 1.165) is 11.6 Å². The number of Topliss-reactive ketones (excluding diaryl/α,β-unsaturated/α-hetero) is 2. The number of nitrogens with zero attached hydrogens (tertiary/aromatic N) is 2. The van der Waals surface area contributed by atoms with E-state index < -0.39 is 46.6 Å². The minimum atomic E-state index is -4.57. The Balaban J connectivity index is 1.47. The number of halogens is 4. The Bertz CT molecular complexity index is 1900. The van der Waals surface area contributed by atoms with Crippen LogP contribution in [0.5, 0.6) is 0 Å². The van der Waals surface area contributed by atoms with E-state index in [4.69, 9.17) is 0 Å². The molecule has 2 amide bonds. The van der Waals surface area contributed by atoms with E-state index in [9.17, 15) is 36.7 Å². The molecule has 5 rings (SSSR count). The smallest absolute Gasteiger partial charge is 0.352 e. The van der Waals surface area contributed by atoms with Crippen LogP contribution in [0, 0.1) is 29.5 Å². The summed E-state index contributed by atoms with van der Waals surface area (Å²) in [6.45, 7) is 7.66. The number of carbonyl (C=O) groups is 4. The van der Waals surface area contributed by atoms with E-state index in [1.807, 2.05) is 27.7 Å². The molecule has 2 aliphatic rings. The number of allylic oxidation sites excluding steroid dienone is 1. The first-order valence-corrected chi connectivity index (χ1v) is 18.7. The number of fused-ring (bicyclic) bond motifs is 2. The van der Waals surface area contributed by atoms with Gasteiger partial charge < -0.3 is 10.6 Å². The van der Waals surface area contributed by atoms with Gasteiger partial charge in [-0.15, -0.1) is 0 Å². The summed E-state index contributed by atoms with van der Waals surface area (Å²) in [5.74, 6) is -4.27. The maximum Gasteiger partial charge on any atom is 0.416 e. The second kappa shape index (κ2) is 17.2. The molecule has 288 valence electrons. The molecule has 0 radical (unpaired) electrons. The summed E-state index contributed by atoms with van der Waals surface area (Å²) in [4.78, 5) is 64.2. The lowest BCUT2D eigenvalue weighted by atomic mass is 9.71. The topological polar surface area (TPSA) is 118 Å². The highest BCUT2D eigenvalue weighted by atomic mass is 19.4. The number of benzene rings is 2. The third-order valence-corrected chi connectivity index (χ3v) is 11.5. The Kier molecular flexibility index (Phi) is 12.9. The molecule has 0 aliphatic heterocycles. The zero-order valence-corrected chi connectivity index (χ0v) is 31.2. The molecule has 0 saturated heterocycles. The molecule has 12 heteroatoms. The molecule has 0 fully saturated rings. The van der Waals surface area contributed by atoms with Gasteiger partial charge in [0.1, 0.15) is 23.5 Å². The van der Waals surface area contributed by atoms with Crippen molar-refractivity contribution in [1.29, 1.82) is 0 Å². The fraction of sp³-hybridized carbons (Fsp3) is 0.476. The summed E-state index contributed by atoms with van der Waals surface area (Å²) in [6, 6.07) is 9.99. The second-order valence-corrected chi connectivity index (χ2v) is 14.9. The lowest BCUT2D eigenvalue weighted by molar-refractivity contribution is -0.139. The molecule has 0 spiro atoms. The number of nitrogens with one attached hydrogen (secondary N) is 2. The van der Waals surface area contributed by atoms with Crippen LogP contribution in [0.4, 0.5) is 17.6 Å². The molecule has 2 unspecified atom stereocenters. The van der Waals surface area contributed by atoms with E-state index in [2.05, 4.69) is 20.6 Å². The van der Waals surface area contributed by atoms with Crippen LogP contribution in [0.25, 0.3) is 5.57 Å². The van der Waals surface area contributed by atoms with Gasteiger partial charge in [0.05, 0.1) is 5.56 Å². The van der Waals surface area contributed by atoms with Gasteiger partial charge in [-0.25, -0.2) is 14.4 Å². The van der Waals surface area contributed by atoms with Crippen LogP contribution in [0.15, 0.2) is 66.8 Å². The number of hydrogen-bond donors (Lipinski definition) is 2. The fourth-order valence-electron chi connectivity index (χ4n) is 7.77. The predicted molar refractivity (Wildman–Crippen MR) is 196 cm³/mol. The molecule has 1 aromatic heterocycles. The van der Waals surface area contributed by atoms with Gasteiger partial charge in [-0.2, -0.15) is 13.2 Å². The molecule has 8 nitrogen and oxygen atoms in total.